The zero-order valence-corrected chi connectivity index (χ0v) is 22.0. The van der Waals surface area contributed by atoms with Gasteiger partial charge in [0.25, 0.3) is 0 Å². The average molecular weight is 430 g/mol. The van der Waals surface area contributed by atoms with Gasteiger partial charge in [0.15, 0.2) is 0 Å². The zero-order chi connectivity index (χ0) is 20.1. The zero-order valence-electron chi connectivity index (χ0n) is 19.2. The second-order valence-electron chi connectivity index (χ2n) is 7.71. The molecule has 0 bridgehead atoms. The van der Waals surface area contributed by atoms with Gasteiger partial charge in [0.2, 0.25) is 0 Å². The van der Waals surface area contributed by atoms with E-state index in [4.69, 9.17) is 8.37 Å². The summed E-state index contributed by atoms with van der Waals surface area (Å²) in [7, 11) is -3.80. The fraction of sp³-hybridized carbons (Fsp3) is 1.00. The molecule has 0 aromatic rings. The molecule has 0 rings (SSSR count). The Morgan fingerprint density at radius 3 is 1.00 bits per heavy atom. The molecule has 0 spiro atoms. The molecule has 4 nitrogen and oxygen atoms in total. The molecule has 6 heteroatoms. The van der Waals surface area contributed by atoms with Crippen molar-refractivity contribution in [2.45, 2.75) is 129 Å². The molecule has 0 unspecified atom stereocenters. The van der Waals surface area contributed by atoms with Crippen LogP contribution in [-0.2, 0) is 18.8 Å². The molecule has 0 aliphatic carbocycles. The Labute approximate surface area is 198 Å². The molecule has 0 aromatic carbocycles. The minimum atomic E-state index is -3.80. The predicted octanol–water partition coefficient (Wildman–Crippen LogP) is 4.33. The summed E-state index contributed by atoms with van der Waals surface area (Å²) in [5.41, 5.74) is 0. The quantitative estimate of drug-likeness (QED) is 0.190. The molecule has 0 aromatic heterocycles. The van der Waals surface area contributed by atoms with Gasteiger partial charge in [-0.3, -0.25) is 0 Å². The second kappa shape index (κ2) is 24.1. The van der Waals surface area contributed by atoms with Crippen molar-refractivity contribution in [2.24, 2.45) is 0 Å². The third-order valence-electron chi connectivity index (χ3n) is 4.95. The third kappa shape index (κ3) is 24.9. The second-order valence-corrected chi connectivity index (χ2v) is 9.00. The van der Waals surface area contributed by atoms with Crippen molar-refractivity contribution in [1.29, 1.82) is 0 Å². The first-order chi connectivity index (χ1) is 13.1. The molecule has 0 radical (unpaired) electrons. The van der Waals surface area contributed by atoms with Gasteiger partial charge in [-0.25, -0.2) is 8.37 Å². The van der Waals surface area contributed by atoms with E-state index >= 15 is 0 Å². The molecule has 0 heterocycles. The van der Waals surface area contributed by atoms with Crippen molar-refractivity contribution in [3.8, 4) is 0 Å². The maximum atomic E-state index is 11.7. The van der Waals surface area contributed by atoms with E-state index in [1.54, 1.807) is 0 Å². The maximum Gasteiger partial charge on any atom is 1.00 e. The van der Waals surface area contributed by atoms with Crippen molar-refractivity contribution in [1.82, 2.24) is 0 Å². The van der Waals surface area contributed by atoms with Crippen LogP contribution in [0.1, 0.15) is 129 Å². The van der Waals surface area contributed by atoms with Crippen molar-refractivity contribution < 1.29 is 46.3 Å². The van der Waals surface area contributed by atoms with Crippen LogP contribution in [0.25, 0.3) is 0 Å². The smallest absolute Gasteiger partial charge is 0.248 e. The van der Waals surface area contributed by atoms with Crippen LogP contribution in [0.5, 0.6) is 0 Å². The Balaban J connectivity index is 0. The molecule has 0 N–H and O–H groups in total. The molecule has 0 amide bonds. The van der Waals surface area contributed by atoms with Crippen LogP contribution < -0.4 is 29.6 Å². The van der Waals surface area contributed by atoms with Gasteiger partial charge in [0.05, 0.1) is 13.2 Å². The van der Waals surface area contributed by atoms with E-state index in [9.17, 15) is 8.42 Å². The van der Waals surface area contributed by atoms with Gasteiger partial charge >= 0.3 is 40.0 Å². The van der Waals surface area contributed by atoms with Crippen molar-refractivity contribution in [2.75, 3.05) is 13.2 Å². The summed E-state index contributed by atoms with van der Waals surface area (Å²) in [6, 6.07) is 0. The van der Waals surface area contributed by atoms with Crippen LogP contribution in [0, 0.1) is 0 Å². The van der Waals surface area contributed by atoms with Gasteiger partial charge in [-0.05, 0) is 12.8 Å². The Hall–Kier alpha value is 0.870. The molecule has 0 saturated heterocycles. The first-order valence-corrected chi connectivity index (χ1v) is 13.0. The standard InChI is InChI=1S/C22H46O4S.Na/c1-3-5-7-9-11-13-15-17-19-21-25-27(23,24)26-22-20-18-16-14-12-10-8-6-4-2;/h3-22H2,1-2H3;/q;+1. The van der Waals surface area contributed by atoms with Crippen LogP contribution in [-0.4, -0.2) is 21.6 Å². The van der Waals surface area contributed by atoms with Crippen LogP contribution in [0.4, 0.5) is 0 Å². The number of unbranched alkanes of at least 4 members (excludes halogenated alkanes) is 16. The van der Waals surface area contributed by atoms with Gasteiger partial charge in [-0.1, -0.05) is 117 Å². The number of hydrogen-bond acceptors (Lipinski definition) is 4. The molecular formula is C22H46NaO4S+. The summed E-state index contributed by atoms with van der Waals surface area (Å²) >= 11 is 0. The Kier molecular flexibility index (Phi) is 26.8. The summed E-state index contributed by atoms with van der Waals surface area (Å²) < 4.78 is 33.2. The molecular weight excluding hydrogens is 383 g/mol. The molecule has 164 valence electrons. The summed E-state index contributed by atoms with van der Waals surface area (Å²) in [4.78, 5) is 0. The van der Waals surface area contributed by atoms with E-state index in [1.807, 2.05) is 0 Å². The first-order valence-electron chi connectivity index (χ1n) is 11.7. The summed E-state index contributed by atoms with van der Waals surface area (Å²) in [5.74, 6) is 0. The molecule has 0 fully saturated rings. The Morgan fingerprint density at radius 1 is 0.464 bits per heavy atom. The van der Waals surface area contributed by atoms with Crippen LogP contribution >= 0.6 is 0 Å². The molecule has 28 heavy (non-hydrogen) atoms. The van der Waals surface area contributed by atoms with Crippen LogP contribution in [0.2, 0.25) is 0 Å². The first kappa shape index (κ1) is 31.1. The SMILES string of the molecule is CCCCCCCCCCCOS(=O)(=O)OCCCCCCCCCCC.[Na+]. The molecule has 0 aliphatic heterocycles. The maximum absolute atomic E-state index is 11.7. The summed E-state index contributed by atoms with van der Waals surface area (Å²) in [6.45, 7) is 4.95. The number of rotatable bonds is 22. The van der Waals surface area contributed by atoms with E-state index in [2.05, 4.69) is 13.8 Å². The fourth-order valence-electron chi connectivity index (χ4n) is 3.18. The topological polar surface area (TPSA) is 52.6 Å². The fourth-order valence-corrected chi connectivity index (χ4v) is 3.89. The monoisotopic (exact) mass is 429 g/mol. The van der Waals surface area contributed by atoms with Crippen molar-refractivity contribution in [3.63, 3.8) is 0 Å². The van der Waals surface area contributed by atoms with Gasteiger partial charge in [0.1, 0.15) is 0 Å². The largest absolute Gasteiger partial charge is 1.00 e. The normalized spacial score (nSPS) is 11.5. The van der Waals surface area contributed by atoms with E-state index in [1.165, 1.54) is 77.0 Å². The third-order valence-corrected chi connectivity index (χ3v) is 5.86. The number of hydrogen-bond donors (Lipinski definition) is 0. The predicted molar refractivity (Wildman–Crippen MR) is 115 cm³/mol. The van der Waals surface area contributed by atoms with E-state index in [0.29, 0.717) is 0 Å². The van der Waals surface area contributed by atoms with Gasteiger partial charge in [-0.15, -0.1) is 0 Å². The Bertz CT molecular complexity index is 358. The van der Waals surface area contributed by atoms with E-state index in [0.717, 1.165) is 38.5 Å². The molecule has 0 atom stereocenters. The summed E-state index contributed by atoms with van der Waals surface area (Å²) in [6.07, 6.45) is 21.6. The van der Waals surface area contributed by atoms with Crippen molar-refractivity contribution in [3.05, 3.63) is 0 Å². The molecule has 0 saturated carbocycles. The van der Waals surface area contributed by atoms with Gasteiger partial charge in [0, 0.05) is 0 Å². The minimum absolute atomic E-state index is 0. The van der Waals surface area contributed by atoms with Crippen molar-refractivity contribution >= 4 is 10.4 Å². The Morgan fingerprint density at radius 2 is 0.714 bits per heavy atom. The average Bonchev–Trinajstić information content (AvgIpc) is 2.64. The van der Waals surface area contributed by atoms with E-state index in [-0.39, 0.29) is 42.8 Å². The van der Waals surface area contributed by atoms with Gasteiger partial charge in [-0.2, -0.15) is 8.42 Å². The summed E-state index contributed by atoms with van der Waals surface area (Å²) in [5, 5.41) is 0. The molecule has 0 aliphatic rings. The van der Waals surface area contributed by atoms with Crippen LogP contribution in [0.15, 0.2) is 0 Å². The minimum Gasteiger partial charge on any atom is -0.248 e. The van der Waals surface area contributed by atoms with Gasteiger partial charge < -0.3 is 0 Å². The van der Waals surface area contributed by atoms with E-state index < -0.39 is 10.4 Å². The van der Waals surface area contributed by atoms with Crippen LogP contribution in [0.3, 0.4) is 0 Å².